The molecule has 0 aromatic carbocycles. The van der Waals surface area contributed by atoms with Gasteiger partial charge in [-0.2, -0.15) is 0 Å². The van der Waals surface area contributed by atoms with Crippen molar-refractivity contribution in [2.45, 2.75) is 70.7 Å². The van der Waals surface area contributed by atoms with E-state index >= 15 is 0 Å². The third kappa shape index (κ3) is 3.15. The maximum absolute atomic E-state index is 11.7. The number of hydrogen-bond donors (Lipinski definition) is 0. The summed E-state index contributed by atoms with van der Waals surface area (Å²) in [7, 11) is -1.75. The van der Waals surface area contributed by atoms with Gasteiger partial charge in [-0.1, -0.05) is 27.2 Å². The van der Waals surface area contributed by atoms with Crippen molar-refractivity contribution in [1.82, 2.24) is 0 Å². The average Bonchev–Trinajstić information content (AvgIpc) is 2.06. The second kappa shape index (κ2) is 4.38. The Bertz CT molecular complexity index is 240. The first-order chi connectivity index (χ1) is 6.74. The number of rotatable bonds is 2. The standard InChI is InChI=1S/C12H24O2Si/c1-12(2,3)15(4,5)14-11-9-7-6-8-10(11)13/h11H,6-9H2,1-5H3/t11-/m1/s1. The van der Waals surface area contributed by atoms with E-state index in [1.807, 2.05) is 0 Å². The smallest absolute Gasteiger partial charge is 0.193 e. The second-order valence-corrected chi connectivity index (χ2v) is 10.8. The molecular formula is C12H24O2Si. The van der Waals surface area contributed by atoms with Gasteiger partial charge in [-0.05, 0) is 31.0 Å². The third-order valence-electron chi connectivity index (χ3n) is 3.74. The minimum atomic E-state index is -1.75. The number of carbonyl (C=O) groups is 1. The van der Waals surface area contributed by atoms with E-state index < -0.39 is 8.32 Å². The van der Waals surface area contributed by atoms with Gasteiger partial charge in [0.2, 0.25) is 0 Å². The van der Waals surface area contributed by atoms with Crippen molar-refractivity contribution < 1.29 is 9.22 Å². The molecule has 1 rings (SSSR count). The molecule has 3 heteroatoms. The van der Waals surface area contributed by atoms with E-state index in [-0.39, 0.29) is 11.1 Å². The van der Waals surface area contributed by atoms with Crippen molar-refractivity contribution in [1.29, 1.82) is 0 Å². The topological polar surface area (TPSA) is 26.3 Å². The van der Waals surface area contributed by atoms with Crippen LogP contribution < -0.4 is 0 Å². The Kier molecular flexibility index (Phi) is 3.77. The summed E-state index contributed by atoms with van der Waals surface area (Å²) in [6.07, 6.45) is 3.76. The van der Waals surface area contributed by atoms with Gasteiger partial charge >= 0.3 is 0 Å². The van der Waals surface area contributed by atoms with Crippen molar-refractivity contribution in [3.05, 3.63) is 0 Å². The van der Waals surface area contributed by atoms with Gasteiger partial charge in [-0.15, -0.1) is 0 Å². The Balaban J connectivity index is 2.63. The molecule has 0 saturated heterocycles. The van der Waals surface area contributed by atoms with Crippen LogP contribution in [0.5, 0.6) is 0 Å². The van der Waals surface area contributed by atoms with E-state index in [1.165, 1.54) is 0 Å². The predicted octanol–water partition coefficient (Wildman–Crippen LogP) is 3.52. The highest BCUT2D eigenvalue weighted by Crippen LogP contribution is 2.38. The molecule has 2 nitrogen and oxygen atoms in total. The molecule has 0 aromatic heterocycles. The monoisotopic (exact) mass is 228 g/mol. The molecule has 1 aliphatic rings. The summed E-state index contributed by atoms with van der Waals surface area (Å²) in [5, 5.41) is 0.199. The molecule has 0 radical (unpaired) electrons. The molecule has 0 N–H and O–H groups in total. The third-order valence-corrected chi connectivity index (χ3v) is 8.23. The fraction of sp³-hybridized carbons (Fsp3) is 0.917. The van der Waals surface area contributed by atoms with Crippen molar-refractivity contribution in [2.24, 2.45) is 0 Å². The van der Waals surface area contributed by atoms with Gasteiger partial charge < -0.3 is 4.43 Å². The van der Waals surface area contributed by atoms with E-state index in [2.05, 4.69) is 33.9 Å². The summed E-state index contributed by atoms with van der Waals surface area (Å²) < 4.78 is 6.14. The van der Waals surface area contributed by atoms with Crippen LogP contribution in [0, 0.1) is 0 Å². The maximum Gasteiger partial charge on any atom is 0.193 e. The molecule has 1 fully saturated rings. The molecular weight excluding hydrogens is 204 g/mol. The van der Waals surface area contributed by atoms with Crippen LogP contribution in [0.15, 0.2) is 0 Å². The Morgan fingerprint density at radius 3 is 2.33 bits per heavy atom. The van der Waals surface area contributed by atoms with E-state index in [4.69, 9.17) is 4.43 Å². The predicted molar refractivity (Wildman–Crippen MR) is 65.5 cm³/mol. The van der Waals surface area contributed by atoms with E-state index in [9.17, 15) is 4.79 Å². The lowest BCUT2D eigenvalue weighted by atomic mass is 9.97. The molecule has 0 unspecified atom stereocenters. The molecule has 1 saturated carbocycles. The van der Waals surface area contributed by atoms with Gasteiger partial charge in [-0.3, -0.25) is 4.79 Å². The highest BCUT2D eigenvalue weighted by atomic mass is 28.4. The van der Waals surface area contributed by atoms with Crippen LogP contribution in [-0.4, -0.2) is 20.2 Å². The summed E-state index contributed by atoms with van der Waals surface area (Å²) in [6, 6.07) is 0. The Labute approximate surface area is 94.5 Å². The molecule has 88 valence electrons. The molecule has 0 heterocycles. The summed E-state index contributed by atoms with van der Waals surface area (Å²) >= 11 is 0. The van der Waals surface area contributed by atoms with Crippen LogP contribution in [-0.2, 0) is 9.22 Å². The van der Waals surface area contributed by atoms with E-state index in [0.717, 1.165) is 25.7 Å². The molecule has 0 aromatic rings. The van der Waals surface area contributed by atoms with Crippen LogP contribution in [0.3, 0.4) is 0 Å². The zero-order chi connectivity index (χ0) is 11.7. The van der Waals surface area contributed by atoms with Crippen LogP contribution in [0.25, 0.3) is 0 Å². The molecule has 15 heavy (non-hydrogen) atoms. The highest BCUT2D eigenvalue weighted by Gasteiger charge is 2.40. The van der Waals surface area contributed by atoms with Crippen molar-refractivity contribution in [2.75, 3.05) is 0 Å². The average molecular weight is 228 g/mol. The van der Waals surface area contributed by atoms with Crippen molar-refractivity contribution in [3.8, 4) is 0 Å². The van der Waals surface area contributed by atoms with E-state index in [1.54, 1.807) is 0 Å². The van der Waals surface area contributed by atoms with Crippen LogP contribution in [0.2, 0.25) is 18.1 Å². The summed E-state index contributed by atoms with van der Waals surface area (Å²) in [4.78, 5) is 11.7. The molecule has 1 aliphatic carbocycles. The van der Waals surface area contributed by atoms with Crippen LogP contribution in [0.4, 0.5) is 0 Å². The highest BCUT2D eigenvalue weighted by molar-refractivity contribution is 6.74. The summed E-state index contributed by atoms with van der Waals surface area (Å²) in [5.74, 6) is 0.325. The van der Waals surface area contributed by atoms with Gasteiger partial charge in [0.05, 0.1) is 0 Å². The van der Waals surface area contributed by atoms with Gasteiger partial charge in [0.15, 0.2) is 14.1 Å². The lowest BCUT2D eigenvalue weighted by molar-refractivity contribution is -0.128. The largest absolute Gasteiger partial charge is 0.407 e. The van der Waals surface area contributed by atoms with Gasteiger partial charge in [0.1, 0.15) is 6.10 Å². The molecule has 1 atom stereocenters. The minimum Gasteiger partial charge on any atom is -0.407 e. The van der Waals surface area contributed by atoms with Crippen molar-refractivity contribution in [3.63, 3.8) is 0 Å². The second-order valence-electron chi connectivity index (χ2n) is 6.08. The van der Waals surface area contributed by atoms with Crippen molar-refractivity contribution >= 4 is 14.1 Å². The Hall–Kier alpha value is -0.153. The summed E-state index contributed by atoms with van der Waals surface area (Å²) in [5.41, 5.74) is 0. The minimum absolute atomic E-state index is 0.0976. The first kappa shape index (κ1) is 12.9. The Morgan fingerprint density at radius 1 is 1.27 bits per heavy atom. The normalized spacial score (nSPS) is 24.3. The fourth-order valence-electron chi connectivity index (χ4n) is 1.61. The zero-order valence-corrected chi connectivity index (χ0v) is 11.7. The zero-order valence-electron chi connectivity index (χ0n) is 10.7. The number of ketones is 1. The maximum atomic E-state index is 11.7. The number of hydrogen-bond acceptors (Lipinski definition) is 2. The van der Waals surface area contributed by atoms with Gasteiger partial charge in [0.25, 0.3) is 0 Å². The van der Waals surface area contributed by atoms with E-state index in [0.29, 0.717) is 5.78 Å². The molecule has 0 aliphatic heterocycles. The molecule has 0 spiro atoms. The van der Waals surface area contributed by atoms with Gasteiger partial charge in [0, 0.05) is 6.42 Å². The fourth-order valence-corrected chi connectivity index (χ4v) is 2.92. The lowest BCUT2D eigenvalue weighted by Crippen LogP contribution is -2.46. The van der Waals surface area contributed by atoms with Gasteiger partial charge in [-0.25, -0.2) is 0 Å². The van der Waals surface area contributed by atoms with Crippen LogP contribution >= 0.6 is 0 Å². The first-order valence-electron chi connectivity index (χ1n) is 5.94. The Morgan fingerprint density at radius 2 is 1.87 bits per heavy atom. The molecule has 0 bridgehead atoms. The summed E-state index contributed by atoms with van der Waals surface area (Å²) in [6.45, 7) is 11.1. The number of carbonyl (C=O) groups excluding carboxylic acids is 1. The quantitative estimate of drug-likeness (QED) is 0.676. The lowest BCUT2D eigenvalue weighted by Gasteiger charge is -2.39. The SMILES string of the molecule is CC(C)(C)[Si](C)(C)O[C@@H]1CCCCC1=O. The number of Topliss-reactive ketones (excluding diaryl/α,β-unsaturated/α-hetero) is 1. The first-order valence-corrected chi connectivity index (χ1v) is 8.85. The van der Waals surface area contributed by atoms with Crippen LogP contribution in [0.1, 0.15) is 46.5 Å². The molecule has 0 amide bonds.